The number of methoxy groups -OCH3 is 1. The summed E-state index contributed by atoms with van der Waals surface area (Å²) in [5.41, 5.74) is -0.814. The zero-order valence-electron chi connectivity index (χ0n) is 11.8. The second kappa shape index (κ2) is 5.40. The lowest BCUT2D eigenvalue weighted by Crippen LogP contribution is -2.45. The fourth-order valence-electron chi connectivity index (χ4n) is 2.60. The summed E-state index contributed by atoms with van der Waals surface area (Å²) in [5.74, 6) is 0.141. The smallest absolute Gasteiger partial charge is 0.273 e. The lowest BCUT2D eigenvalue weighted by molar-refractivity contribution is -0.384. The maximum absolute atomic E-state index is 12.3. The Morgan fingerprint density at radius 3 is 2.71 bits per heavy atom. The number of nitrogens with one attached hydrogen (secondary N) is 1. The highest BCUT2D eigenvalue weighted by Crippen LogP contribution is 2.46. The number of benzene rings is 1. The molecule has 0 heterocycles. The average Bonchev–Trinajstić information content (AvgIpc) is 2.43. The number of amides is 1. The summed E-state index contributed by atoms with van der Waals surface area (Å²) >= 11 is 0. The minimum Gasteiger partial charge on any atom is -0.494 e. The van der Waals surface area contributed by atoms with Crippen LogP contribution in [0, 0.1) is 32.8 Å². The first kappa shape index (κ1) is 14.8. The molecule has 1 aromatic carbocycles. The quantitative estimate of drug-likeness (QED) is 0.677. The summed E-state index contributed by atoms with van der Waals surface area (Å²) in [6.45, 7) is 1.98. The van der Waals surface area contributed by atoms with E-state index in [2.05, 4.69) is 11.4 Å². The minimum absolute atomic E-state index is 0.128. The number of nitro groups is 1. The van der Waals surface area contributed by atoms with Gasteiger partial charge in [0.15, 0.2) is 0 Å². The molecule has 7 nitrogen and oxygen atoms in total. The first-order valence-electron chi connectivity index (χ1n) is 6.47. The molecule has 7 heteroatoms. The van der Waals surface area contributed by atoms with Gasteiger partial charge in [-0.2, -0.15) is 5.26 Å². The largest absolute Gasteiger partial charge is 0.494 e. The van der Waals surface area contributed by atoms with Crippen molar-refractivity contribution in [2.24, 2.45) is 11.3 Å². The molecule has 1 amide bonds. The van der Waals surface area contributed by atoms with Crippen molar-refractivity contribution in [3.05, 3.63) is 28.3 Å². The number of nitriles is 1. The molecule has 0 radical (unpaired) electrons. The van der Waals surface area contributed by atoms with Crippen molar-refractivity contribution in [1.82, 2.24) is 0 Å². The van der Waals surface area contributed by atoms with Crippen LogP contribution >= 0.6 is 0 Å². The maximum atomic E-state index is 12.3. The van der Waals surface area contributed by atoms with Crippen LogP contribution in [0.4, 0.5) is 11.4 Å². The summed E-state index contributed by atoms with van der Waals surface area (Å²) in [7, 11) is 1.36. The molecule has 0 aliphatic heterocycles. The molecule has 1 N–H and O–H groups in total. The van der Waals surface area contributed by atoms with Crippen molar-refractivity contribution >= 4 is 17.3 Å². The fourth-order valence-corrected chi connectivity index (χ4v) is 2.60. The Morgan fingerprint density at radius 2 is 2.24 bits per heavy atom. The average molecular weight is 289 g/mol. The van der Waals surface area contributed by atoms with Gasteiger partial charge in [-0.3, -0.25) is 14.9 Å². The van der Waals surface area contributed by atoms with Gasteiger partial charge in [0.1, 0.15) is 11.2 Å². The van der Waals surface area contributed by atoms with E-state index in [0.29, 0.717) is 24.4 Å². The second-order valence-corrected chi connectivity index (χ2v) is 5.30. The molecule has 1 aliphatic carbocycles. The zero-order valence-corrected chi connectivity index (χ0v) is 11.8. The van der Waals surface area contributed by atoms with Crippen molar-refractivity contribution in [3.8, 4) is 11.8 Å². The normalized spacial score (nSPS) is 23.6. The molecule has 1 aromatic rings. The molecular formula is C14H15N3O4. The Balaban J connectivity index is 2.22. The Kier molecular flexibility index (Phi) is 3.80. The predicted molar refractivity (Wildman–Crippen MR) is 74.7 cm³/mol. The van der Waals surface area contributed by atoms with Crippen LogP contribution in [-0.4, -0.2) is 17.9 Å². The molecule has 2 rings (SSSR count). The van der Waals surface area contributed by atoms with E-state index in [-0.39, 0.29) is 11.4 Å². The molecule has 1 saturated carbocycles. The summed E-state index contributed by atoms with van der Waals surface area (Å²) in [6.07, 6.45) is 1.04. The molecule has 0 bridgehead atoms. The van der Waals surface area contributed by atoms with Crippen molar-refractivity contribution in [1.29, 1.82) is 5.26 Å². The van der Waals surface area contributed by atoms with Gasteiger partial charge in [0.2, 0.25) is 5.91 Å². The highest BCUT2D eigenvalue weighted by atomic mass is 16.6. The van der Waals surface area contributed by atoms with E-state index in [0.717, 1.165) is 0 Å². The summed E-state index contributed by atoms with van der Waals surface area (Å²) in [6, 6.07) is 5.99. The lowest BCUT2D eigenvalue weighted by Gasteiger charge is -2.39. The standard InChI is InChI=1S/C14H15N3O4/c1-9-6-14(7-9,8-15)13(18)16-11-4-3-10(17(19)20)5-12(11)21-2/h3-5,9H,6-7H2,1-2H3,(H,16,18). The number of carbonyl (C=O) groups is 1. The van der Waals surface area contributed by atoms with Crippen LogP contribution in [0.3, 0.4) is 0 Å². The number of hydrogen-bond donors (Lipinski definition) is 1. The third-order valence-corrected chi connectivity index (χ3v) is 3.69. The molecule has 1 fully saturated rings. The van der Waals surface area contributed by atoms with Crippen LogP contribution in [-0.2, 0) is 4.79 Å². The summed E-state index contributed by atoms with van der Waals surface area (Å²) in [5, 5.41) is 22.6. The first-order valence-corrected chi connectivity index (χ1v) is 6.47. The Hall–Kier alpha value is -2.62. The predicted octanol–water partition coefficient (Wildman–Crippen LogP) is 2.48. The van der Waals surface area contributed by atoms with Crippen LogP contribution in [0.15, 0.2) is 18.2 Å². The van der Waals surface area contributed by atoms with Gasteiger partial charge in [0.25, 0.3) is 5.69 Å². The third-order valence-electron chi connectivity index (χ3n) is 3.69. The van der Waals surface area contributed by atoms with E-state index in [9.17, 15) is 20.2 Å². The fraction of sp³-hybridized carbons (Fsp3) is 0.429. The monoisotopic (exact) mass is 289 g/mol. The van der Waals surface area contributed by atoms with Crippen LogP contribution in [0.1, 0.15) is 19.8 Å². The first-order chi connectivity index (χ1) is 9.91. The topological polar surface area (TPSA) is 105 Å². The Morgan fingerprint density at radius 1 is 1.57 bits per heavy atom. The van der Waals surface area contributed by atoms with Crippen molar-refractivity contribution in [2.45, 2.75) is 19.8 Å². The highest BCUT2D eigenvalue weighted by Gasteiger charge is 2.49. The lowest BCUT2D eigenvalue weighted by atomic mass is 9.63. The van der Waals surface area contributed by atoms with Gasteiger partial charge in [-0.15, -0.1) is 0 Å². The minimum atomic E-state index is -1.01. The van der Waals surface area contributed by atoms with E-state index in [1.165, 1.54) is 25.3 Å². The van der Waals surface area contributed by atoms with Gasteiger partial charge in [-0.05, 0) is 24.8 Å². The van der Waals surface area contributed by atoms with Crippen LogP contribution in [0.25, 0.3) is 0 Å². The number of carbonyl (C=O) groups excluding carboxylic acids is 1. The SMILES string of the molecule is COc1cc([N+](=O)[O-])ccc1NC(=O)C1(C#N)CC(C)C1. The maximum Gasteiger partial charge on any atom is 0.273 e. The van der Waals surface area contributed by atoms with E-state index < -0.39 is 16.2 Å². The van der Waals surface area contributed by atoms with Gasteiger partial charge in [-0.1, -0.05) is 6.92 Å². The van der Waals surface area contributed by atoms with Crippen molar-refractivity contribution in [3.63, 3.8) is 0 Å². The van der Waals surface area contributed by atoms with Crippen molar-refractivity contribution in [2.75, 3.05) is 12.4 Å². The van der Waals surface area contributed by atoms with E-state index in [1.807, 2.05) is 6.92 Å². The van der Waals surface area contributed by atoms with Gasteiger partial charge in [0.05, 0.1) is 29.9 Å². The van der Waals surface area contributed by atoms with E-state index in [4.69, 9.17) is 4.74 Å². The summed E-state index contributed by atoms with van der Waals surface area (Å²) in [4.78, 5) is 22.4. The number of ether oxygens (including phenoxy) is 1. The molecule has 0 unspecified atom stereocenters. The van der Waals surface area contributed by atoms with Gasteiger partial charge in [0, 0.05) is 6.07 Å². The number of nitrogens with zero attached hydrogens (tertiary/aromatic N) is 2. The Labute approximate surface area is 121 Å². The highest BCUT2D eigenvalue weighted by molar-refractivity contribution is 5.99. The molecule has 21 heavy (non-hydrogen) atoms. The molecule has 1 aliphatic rings. The van der Waals surface area contributed by atoms with Crippen molar-refractivity contribution < 1.29 is 14.5 Å². The van der Waals surface area contributed by atoms with Crippen LogP contribution in [0.2, 0.25) is 0 Å². The van der Waals surface area contributed by atoms with Crippen LogP contribution in [0.5, 0.6) is 5.75 Å². The summed E-state index contributed by atoms with van der Waals surface area (Å²) < 4.78 is 5.05. The van der Waals surface area contributed by atoms with E-state index >= 15 is 0 Å². The molecular weight excluding hydrogens is 274 g/mol. The zero-order chi connectivity index (χ0) is 15.6. The number of nitro benzene ring substituents is 1. The van der Waals surface area contributed by atoms with Gasteiger partial charge in [-0.25, -0.2) is 0 Å². The van der Waals surface area contributed by atoms with Gasteiger partial charge >= 0.3 is 0 Å². The number of hydrogen-bond acceptors (Lipinski definition) is 5. The van der Waals surface area contributed by atoms with Gasteiger partial charge < -0.3 is 10.1 Å². The molecule has 0 saturated heterocycles. The Bertz CT molecular complexity index is 630. The second-order valence-electron chi connectivity index (χ2n) is 5.30. The third kappa shape index (κ3) is 2.65. The number of anilines is 1. The van der Waals surface area contributed by atoms with Crippen LogP contribution < -0.4 is 10.1 Å². The number of rotatable bonds is 4. The molecule has 0 spiro atoms. The molecule has 0 atom stereocenters. The molecule has 110 valence electrons. The number of non-ortho nitro benzene ring substituents is 1. The van der Waals surface area contributed by atoms with E-state index in [1.54, 1.807) is 0 Å². The molecule has 0 aromatic heterocycles.